The number of carbonyl (C=O) groups is 3. The Balaban J connectivity index is 1.49. The molecule has 280 valence electrons. The van der Waals surface area contributed by atoms with Crippen molar-refractivity contribution in [3.63, 3.8) is 0 Å². The lowest BCUT2D eigenvalue weighted by Crippen LogP contribution is -2.62. The molecule has 0 aromatic heterocycles. The largest absolute Gasteiger partial charge is 0.463 e. The van der Waals surface area contributed by atoms with Crippen molar-refractivity contribution in [3.05, 3.63) is 108 Å². The maximum atomic E-state index is 12.4. The highest BCUT2D eigenvalue weighted by molar-refractivity contribution is 5.68. The number of ether oxygens (including phenoxy) is 10. The standard InChI is InChI=1S/C39H46O13/c1-25(40)45-24-32-34(48-26(2)41)37(49-27(3)42)39(51-32)52-33-31(23-44-20-28-14-8-5-9-15-28)50-38(43-4)36(47-22-30-18-12-7-13-19-30)35(33)46-21-29-16-10-6-11-17-29/h5-19,31-39H,20-24H2,1-4H3/t31?,32-,33-,34?,35?,36+,37?,38+,39+/m1/s1. The van der Waals surface area contributed by atoms with Gasteiger partial charge < -0.3 is 47.4 Å². The third-order valence-corrected chi connectivity index (χ3v) is 8.40. The fourth-order valence-electron chi connectivity index (χ4n) is 6.07. The van der Waals surface area contributed by atoms with Gasteiger partial charge in [0.2, 0.25) is 0 Å². The Morgan fingerprint density at radius 1 is 0.538 bits per heavy atom. The second kappa shape index (κ2) is 19.6. The van der Waals surface area contributed by atoms with E-state index < -0.39 is 73.2 Å². The molecule has 3 aromatic carbocycles. The van der Waals surface area contributed by atoms with Crippen LogP contribution in [0, 0.1) is 0 Å². The zero-order valence-electron chi connectivity index (χ0n) is 29.7. The normalized spacial score (nSPS) is 27.1. The molecule has 2 aliphatic heterocycles. The molecule has 3 aromatic rings. The van der Waals surface area contributed by atoms with Crippen molar-refractivity contribution in [2.75, 3.05) is 20.3 Å². The summed E-state index contributed by atoms with van der Waals surface area (Å²) in [6, 6.07) is 28.9. The molecule has 0 radical (unpaired) electrons. The first-order valence-electron chi connectivity index (χ1n) is 17.1. The van der Waals surface area contributed by atoms with Gasteiger partial charge in [-0.2, -0.15) is 0 Å². The molecule has 0 saturated carbocycles. The second-order valence-electron chi connectivity index (χ2n) is 12.4. The van der Waals surface area contributed by atoms with Gasteiger partial charge in [-0.1, -0.05) is 91.0 Å². The Kier molecular flexibility index (Phi) is 14.7. The van der Waals surface area contributed by atoms with Gasteiger partial charge in [0.15, 0.2) is 24.8 Å². The molecule has 0 spiro atoms. The Hall–Kier alpha value is -4.21. The maximum Gasteiger partial charge on any atom is 0.303 e. The van der Waals surface area contributed by atoms with E-state index >= 15 is 0 Å². The molecule has 2 aliphatic rings. The Morgan fingerprint density at radius 2 is 1.02 bits per heavy atom. The van der Waals surface area contributed by atoms with Crippen molar-refractivity contribution in [1.29, 1.82) is 0 Å². The van der Waals surface area contributed by atoms with Crippen LogP contribution in [-0.2, 0) is 81.6 Å². The van der Waals surface area contributed by atoms with Crippen LogP contribution in [0.25, 0.3) is 0 Å². The van der Waals surface area contributed by atoms with Crippen molar-refractivity contribution in [2.24, 2.45) is 0 Å². The van der Waals surface area contributed by atoms with Crippen LogP contribution in [0.15, 0.2) is 91.0 Å². The molecule has 9 atom stereocenters. The first kappa shape index (κ1) is 39.0. The van der Waals surface area contributed by atoms with Crippen molar-refractivity contribution in [2.45, 2.75) is 95.9 Å². The average Bonchev–Trinajstić information content (AvgIpc) is 3.44. The van der Waals surface area contributed by atoms with E-state index in [0.29, 0.717) is 0 Å². The van der Waals surface area contributed by atoms with Crippen molar-refractivity contribution in [1.82, 2.24) is 0 Å². The van der Waals surface area contributed by atoms with Crippen LogP contribution in [0.1, 0.15) is 37.5 Å². The summed E-state index contributed by atoms with van der Waals surface area (Å²) >= 11 is 0. The van der Waals surface area contributed by atoms with E-state index in [4.69, 9.17) is 47.4 Å². The van der Waals surface area contributed by atoms with Crippen LogP contribution in [0.5, 0.6) is 0 Å². The molecule has 2 saturated heterocycles. The van der Waals surface area contributed by atoms with Crippen LogP contribution < -0.4 is 0 Å². The lowest BCUT2D eigenvalue weighted by Gasteiger charge is -2.46. The lowest BCUT2D eigenvalue weighted by molar-refractivity contribution is -0.342. The molecular weight excluding hydrogens is 676 g/mol. The van der Waals surface area contributed by atoms with Gasteiger partial charge in [0.05, 0.1) is 26.4 Å². The zero-order valence-corrected chi connectivity index (χ0v) is 29.7. The number of methoxy groups -OCH3 is 1. The quantitative estimate of drug-likeness (QED) is 0.145. The minimum Gasteiger partial charge on any atom is -0.463 e. The number of rotatable bonds is 17. The van der Waals surface area contributed by atoms with E-state index in [1.165, 1.54) is 27.9 Å². The molecule has 0 aliphatic carbocycles. The van der Waals surface area contributed by atoms with Crippen LogP contribution in [0.2, 0.25) is 0 Å². The third-order valence-electron chi connectivity index (χ3n) is 8.40. The Labute approximate surface area is 303 Å². The van der Waals surface area contributed by atoms with E-state index in [1.807, 2.05) is 91.0 Å². The predicted octanol–water partition coefficient (Wildman–Crippen LogP) is 4.28. The topological polar surface area (TPSA) is 144 Å². The van der Waals surface area contributed by atoms with Crippen LogP contribution in [0.3, 0.4) is 0 Å². The second-order valence-corrected chi connectivity index (χ2v) is 12.4. The van der Waals surface area contributed by atoms with Gasteiger partial charge in [-0.25, -0.2) is 0 Å². The van der Waals surface area contributed by atoms with Crippen molar-refractivity contribution in [3.8, 4) is 0 Å². The van der Waals surface area contributed by atoms with E-state index in [1.54, 1.807) is 0 Å². The predicted molar refractivity (Wildman–Crippen MR) is 183 cm³/mol. The number of hydrogen-bond donors (Lipinski definition) is 0. The summed E-state index contributed by atoms with van der Waals surface area (Å²) in [5, 5.41) is 0. The first-order valence-corrected chi connectivity index (χ1v) is 17.1. The molecule has 13 nitrogen and oxygen atoms in total. The Morgan fingerprint density at radius 3 is 1.54 bits per heavy atom. The van der Waals surface area contributed by atoms with Gasteiger partial charge in [0, 0.05) is 27.9 Å². The lowest BCUT2D eigenvalue weighted by atomic mass is 9.97. The molecule has 13 heteroatoms. The van der Waals surface area contributed by atoms with Crippen LogP contribution >= 0.6 is 0 Å². The molecule has 2 fully saturated rings. The molecular formula is C39H46O13. The summed E-state index contributed by atoms with van der Waals surface area (Å²) in [6.45, 7) is 4.07. The summed E-state index contributed by atoms with van der Waals surface area (Å²) in [5.74, 6) is -1.90. The molecule has 4 unspecified atom stereocenters. The smallest absolute Gasteiger partial charge is 0.303 e. The van der Waals surface area contributed by atoms with Crippen LogP contribution in [-0.4, -0.2) is 93.5 Å². The minimum atomic E-state index is -1.32. The minimum absolute atomic E-state index is 0.0330. The zero-order chi connectivity index (χ0) is 36.9. The van der Waals surface area contributed by atoms with Gasteiger partial charge in [-0.3, -0.25) is 14.4 Å². The molecule has 0 N–H and O–H groups in total. The molecule has 52 heavy (non-hydrogen) atoms. The maximum absolute atomic E-state index is 12.4. The Bertz CT molecular complexity index is 1540. The highest BCUT2D eigenvalue weighted by Crippen LogP contribution is 2.35. The average molecular weight is 723 g/mol. The van der Waals surface area contributed by atoms with Gasteiger partial charge >= 0.3 is 17.9 Å². The summed E-state index contributed by atoms with van der Waals surface area (Å²) in [7, 11) is 1.51. The monoisotopic (exact) mass is 722 g/mol. The number of benzene rings is 3. The van der Waals surface area contributed by atoms with E-state index in [9.17, 15) is 14.4 Å². The van der Waals surface area contributed by atoms with E-state index in [2.05, 4.69) is 0 Å². The van der Waals surface area contributed by atoms with E-state index in [-0.39, 0.29) is 33.0 Å². The van der Waals surface area contributed by atoms with E-state index in [0.717, 1.165) is 16.7 Å². The molecule has 0 amide bonds. The number of esters is 3. The van der Waals surface area contributed by atoms with Crippen molar-refractivity contribution >= 4 is 17.9 Å². The third kappa shape index (κ3) is 11.1. The molecule has 5 rings (SSSR count). The first-order chi connectivity index (χ1) is 25.2. The molecule has 2 heterocycles. The van der Waals surface area contributed by atoms with Gasteiger partial charge in [-0.15, -0.1) is 0 Å². The SMILES string of the molecule is CO[C@H]1OC(COCc2ccccc2)[C@@H](O[C@@H]2O[C@H](COC(C)=O)C(OC(C)=O)C2OC(C)=O)C(OCc2ccccc2)[C@@H]1OCc1ccccc1. The molecule has 0 bridgehead atoms. The van der Waals surface area contributed by atoms with Crippen LogP contribution in [0.4, 0.5) is 0 Å². The fraction of sp³-hybridized carbons (Fsp3) is 0.462. The fourth-order valence-corrected chi connectivity index (χ4v) is 6.07. The highest BCUT2D eigenvalue weighted by Gasteiger charge is 2.55. The summed E-state index contributed by atoms with van der Waals surface area (Å²) in [5.41, 5.74) is 2.76. The summed E-state index contributed by atoms with van der Waals surface area (Å²) in [6.07, 6.45) is -9.18. The highest BCUT2D eigenvalue weighted by atomic mass is 16.8. The van der Waals surface area contributed by atoms with Gasteiger partial charge in [0.25, 0.3) is 0 Å². The van der Waals surface area contributed by atoms with Crippen molar-refractivity contribution < 1.29 is 61.8 Å². The summed E-state index contributed by atoms with van der Waals surface area (Å²) < 4.78 is 61.0. The van der Waals surface area contributed by atoms with Gasteiger partial charge in [-0.05, 0) is 16.7 Å². The summed E-state index contributed by atoms with van der Waals surface area (Å²) in [4.78, 5) is 36.4. The number of carbonyl (C=O) groups excluding carboxylic acids is 3. The number of hydrogen-bond acceptors (Lipinski definition) is 13. The van der Waals surface area contributed by atoms with Gasteiger partial charge in [0.1, 0.15) is 37.1 Å².